The lowest BCUT2D eigenvalue weighted by Crippen LogP contribution is -2.21. The van der Waals surface area contributed by atoms with Crippen molar-refractivity contribution in [3.63, 3.8) is 0 Å². The van der Waals surface area contributed by atoms with Crippen LogP contribution in [0.3, 0.4) is 0 Å². The summed E-state index contributed by atoms with van der Waals surface area (Å²) in [6, 6.07) is 17.3. The van der Waals surface area contributed by atoms with E-state index in [2.05, 4.69) is 77.6 Å². The summed E-state index contributed by atoms with van der Waals surface area (Å²) in [5.41, 5.74) is 3.87. The molecule has 1 aromatic carbocycles. The Morgan fingerprint density at radius 2 is 1.75 bits per heavy atom. The van der Waals surface area contributed by atoms with E-state index in [0.29, 0.717) is 0 Å². The van der Waals surface area contributed by atoms with Crippen molar-refractivity contribution < 1.29 is 4.40 Å². The molecular weight excluding hydrogens is 262 g/mol. The molecule has 0 radical (unpaired) electrons. The van der Waals surface area contributed by atoms with Gasteiger partial charge < -0.3 is 0 Å². The smallest absolute Gasteiger partial charge is 0.166 e. The Bertz CT molecular complexity index is 907. The van der Waals surface area contributed by atoms with E-state index in [1.807, 2.05) is 0 Å². The van der Waals surface area contributed by atoms with Crippen LogP contribution in [0.25, 0.3) is 26.7 Å². The van der Waals surface area contributed by atoms with Crippen LogP contribution >= 0.6 is 11.3 Å². The van der Waals surface area contributed by atoms with E-state index in [1.54, 1.807) is 11.3 Å². The van der Waals surface area contributed by atoms with Crippen LogP contribution in [0.4, 0.5) is 0 Å². The van der Waals surface area contributed by atoms with Crippen molar-refractivity contribution in [2.24, 2.45) is 0 Å². The van der Waals surface area contributed by atoms with Gasteiger partial charge in [-0.1, -0.05) is 24.3 Å². The molecule has 2 heteroatoms. The molecule has 4 aromatic rings. The molecule has 0 N–H and O–H groups in total. The molecule has 0 aliphatic carbocycles. The summed E-state index contributed by atoms with van der Waals surface area (Å²) in [4.78, 5) is 1.33. The monoisotopic (exact) mass is 276 g/mol. The van der Waals surface area contributed by atoms with E-state index in [1.165, 1.54) is 32.3 Å². The topological polar surface area (TPSA) is 4.10 Å². The molecule has 0 saturated heterocycles. The highest BCUT2D eigenvalue weighted by Gasteiger charge is 2.11. The number of aryl methyl sites for hydroxylation is 1. The van der Waals surface area contributed by atoms with Gasteiger partial charge in [-0.05, 0) is 29.8 Å². The van der Waals surface area contributed by atoms with Gasteiger partial charge in [0.05, 0.1) is 0 Å². The lowest BCUT2D eigenvalue weighted by atomic mass is 10.1. The normalized spacial score (nSPS) is 11.2. The number of rotatable bonds is 1. The number of hydrogen-bond donors (Lipinski definition) is 0. The number of aromatic nitrogens is 1. The Hall–Kier alpha value is -2.19. The van der Waals surface area contributed by atoms with Gasteiger partial charge in [-0.3, -0.25) is 0 Å². The Balaban J connectivity index is 2.05. The van der Waals surface area contributed by atoms with Crippen LogP contribution in [0, 0.1) is 6.92 Å². The van der Waals surface area contributed by atoms with E-state index >= 15 is 0 Å². The molecule has 0 unspecified atom stereocenters. The minimum Gasteiger partial charge on any atom is -0.166 e. The molecule has 3 heterocycles. The fourth-order valence-corrected chi connectivity index (χ4v) is 3.49. The Morgan fingerprint density at radius 1 is 0.900 bits per heavy atom. The molecule has 0 amide bonds. The molecule has 4 rings (SSSR count). The highest BCUT2D eigenvalue weighted by Crippen LogP contribution is 2.28. The van der Waals surface area contributed by atoms with E-state index in [4.69, 9.17) is 0 Å². The van der Waals surface area contributed by atoms with Crippen molar-refractivity contribution in [2.75, 3.05) is 0 Å². The van der Waals surface area contributed by atoms with Crippen molar-refractivity contribution in [1.82, 2.24) is 0 Å². The molecule has 96 valence electrons. The second-order valence-corrected chi connectivity index (χ2v) is 6.03. The molecule has 0 spiro atoms. The van der Waals surface area contributed by atoms with Crippen LogP contribution in [0.15, 0.2) is 66.3 Å². The van der Waals surface area contributed by atoms with Gasteiger partial charge in [0.1, 0.15) is 0 Å². The first-order valence-electron chi connectivity index (χ1n) is 6.69. The van der Waals surface area contributed by atoms with Crippen LogP contribution in [0.5, 0.6) is 0 Å². The average Bonchev–Trinajstić information content (AvgIpc) is 2.98. The van der Waals surface area contributed by atoms with E-state index in [-0.39, 0.29) is 0 Å². The highest BCUT2D eigenvalue weighted by atomic mass is 32.1. The van der Waals surface area contributed by atoms with Crippen molar-refractivity contribution in [2.45, 2.75) is 6.92 Å². The number of benzene rings is 1. The van der Waals surface area contributed by atoms with E-state index < -0.39 is 0 Å². The van der Waals surface area contributed by atoms with Crippen LogP contribution < -0.4 is 4.40 Å². The highest BCUT2D eigenvalue weighted by molar-refractivity contribution is 7.13. The third-order valence-electron chi connectivity index (χ3n) is 3.71. The van der Waals surface area contributed by atoms with Gasteiger partial charge >= 0.3 is 0 Å². The number of pyridine rings is 2. The van der Waals surface area contributed by atoms with Crippen LogP contribution in [0.2, 0.25) is 0 Å². The Labute approximate surface area is 121 Å². The molecule has 0 fully saturated rings. The number of thiophene rings is 1. The van der Waals surface area contributed by atoms with Crippen LogP contribution in [-0.2, 0) is 0 Å². The number of fused-ring (bicyclic) bond motifs is 2. The van der Waals surface area contributed by atoms with Crippen LogP contribution in [-0.4, -0.2) is 0 Å². The lowest BCUT2D eigenvalue weighted by molar-refractivity contribution is -0.510. The maximum atomic E-state index is 2.29. The zero-order valence-electron chi connectivity index (χ0n) is 11.2. The first kappa shape index (κ1) is 11.6. The minimum absolute atomic E-state index is 1.23. The fourth-order valence-electron chi connectivity index (χ4n) is 2.68. The first-order valence-corrected chi connectivity index (χ1v) is 7.57. The van der Waals surface area contributed by atoms with E-state index in [0.717, 1.165) is 0 Å². The van der Waals surface area contributed by atoms with Crippen molar-refractivity contribution in [3.8, 4) is 10.4 Å². The molecule has 3 aromatic heterocycles. The third-order valence-corrected chi connectivity index (χ3v) is 4.62. The molecule has 0 aliphatic heterocycles. The van der Waals surface area contributed by atoms with Gasteiger partial charge in [0.2, 0.25) is 5.52 Å². The van der Waals surface area contributed by atoms with E-state index in [9.17, 15) is 0 Å². The summed E-state index contributed by atoms with van der Waals surface area (Å²) in [6.07, 6.45) is 4.42. The Morgan fingerprint density at radius 3 is 2.55 bits per heavy atom. The molecule has 1 nitrogen and oxygen atoms in total. The molecule has 20 heavy (non-hydrogen) atoms. The van der Waals surface area contributed by atoms with Gasteiger partial charge in [-0.15, -0.1) is 11.3 Å². The average molecular weight is 276 g/mol. The molecule has 0 atom stereocenters. The molecule has 0 aliphatic rings. The zero-order chi connectivity index (χ0) is 13.5. The molecule has 0 bridgehead atoms. The summed E-state index contributed by atoms with van der Waals surface area (Å²) in [6.45, 7) is 2.18. The summed E-state index contributed by atoms with van der Waals surface area (Å²) < 4.78 is 2.22. The second kappa shape index (κ2) is 4.43. The van der Waals surface area contributed by atoms with Crippen molar-refractivity contribution in [1.29, 1.82) is 0 Å². The summed E-state index contributed by atoms with van der Waals surface area (Å²) >= 11 is 1.79. The van der Waals surface area contributed by atoms with Gasteiger partial charge in [0, 0.05) is 33.5 Å². The summed E-state index contributed by atoms with van der Waals surface area (Å²) in [5, 5.41) is 4.69. The minimum atomic E-state index is 1.23. The largest absolute Gasteiger partial charge is 0.211 e. The Kier molecular flexibility index (Phi) is 2.57. The number of hydrogen-bond acceptors (Lipinski definition) is 1. The first-order chi connectivity index (χ1) is 9.81. The number of nitrogens with zero attached hydrogens (tertiary/aromatic N) is 1. The standard InChI is InChI=1S/C18H14NS/c1-13-11-19-12-15-6-3-2-5-14(15)9-16(19)10-17(13)18-7-4-8-20-18/h2-12H,1H3/q+1. The van der Waals surface area contributed by atoms with Crippen LogP contribution in [0.1, 0.15) is 5.56 Å². The predicted molar refractivity (Wildman–Crippen MR) is 85.2 cm³/mol. The maximum absolute atomic E-state index is 2.29. The fraction of sp³-hybridized carbons (Fsp3) is 0.0556. The second-order valence-electron chi connectivity index (χ2n) is 5.08. The lowest BCUT2D eigenvalue weighted by Gasteiger charge is -2.03. The molecule has 0 saturated carbocycles. The SMILES string of the molecule is Cc1c[n+]2cc3ccccc3cc2cc1-c1cccs1. The van der Waals surface area contributed by atoms with Crippen molar-refractivity contribution in [3.05, 3.63) is 71.9 Å². The van der Waals surface area contributed by atoms with Gasteiger partial charge in [-0.25, -0.2) is 0 Å². The zero-order valence-corrected chi connectivity index (χ0v) is 12.0. The van der Waals surface area contributed by atoms with Crippen molar-refractivity contribution >= 4 is 27.6 Å². The molecular formula is C18H14NS+. The maximum Gasteiger partial charge on any atom is 0.211 e. The summed E-state index contributed by atoms with van der Waals surface area (Å²) in [5.74, 6) is 0. The summed E-state index contributed by atoms with van der Waals surface area (Å²) in [7, 11) is 0. The third kappa shape index (κ3) is 1.81. The van der Waals surface area contributed by atoms with Gasteiger partial charge in [-0.2, -0.15) is 4.40 Å². The predicted octanol–water partition coefficient (Wildman–Crippen LogP) is 4.62. The quantitative estimate of drug-likeness (QED) is 0.353. The van der Waals surface area contributed by atoms with Gasteiger partial charge in [0.25, 0.3) is 0 Å². The van der Waals surface area contributed by atoms with Gasteiger partial charge in [0.15, 0.2) is 12.4 Å².